The molecule has 0 aromatic heterocycles. The van der Waals surface area contributed by atoms with Crippen molar-refractivity contribution in [1.29, 1.82) is 0 Å². The minimum Gasteiger partial charge on any atom is -0.356 e. The Labute approximate surface area is 121 Å². The minimum absolute atomic E-state index is 0.144. The van der Waals surface area contributed by atoms with Crippen LogP contribution in [-0.2, 0) is 6.42 Å². The van der Waals surface area contributed by atoms with Crippen molar-refractivity contribution in [3.63, 3.8) is 0 Å². The van der Waals surface area contributed by atoms with Gasteiger partial charge in [-0.15, -0.1) is 0 Å². The molecule has 0 unspecified atom stereocenters. The van der Waals surface area contributed by atoms with Gasteiger partial charge in [0.1, 0.15) is 5.82 Å². The summed E-state index contributed by atoms with van der Waals surface area (Å²) in [7, 11) is 1.75. The Balaban J connectivity index is 2.23. The average Bonchev–Trinajstić information content (AvgIpc) is 2.43. The van der Waals surface area contributed by atoms with E-state index < -0.39 is 0 Å². The fourth-order valence-corrected chi connectivity index (χ4v) is 1.95. The molecule has 20 heavy (non-hydrogen) atoms. The zero-order chi connectivity index (χ0) is 14.8. The normalized spacial score (nSPS) is 11.8. The molecule has 1 aromatic carbocycles. The molecule has 0 amide bonds. The maximum atomic E-state index is 13.4. The summed E-state index contributed by atoms with van der Waals surface area (Å²) in [5.41, 5.74) is 0.732. The van der Waals surface area contributed by atoms with E-state index in [1.807, 2.05) is 12.1 Å². The average molecular weight is 279 g/mol. The summed E-state index contributed by atoms with van der Waals surface area (Å²) >= 11 is 0. The Morgan fingerprint density at radius 3 is 2.55 bits per heavy atom. The van der Waals surface area contributed by atoms with E-state index in [0.29, 0.717) is 13.0 Å². The van der Waals surface area contributed by atoms with Crippen LogP contribution in [0.15, 0.2) is 29.3 Å². The highest BCUT2D eigenvalue weighted by Crippen LogP contribution is 2.06. The number of guanidine groups is 1. The molecule has 0 aliphatic rings. The van der Waals surface area contributed by atoms with E-state index in [2.05, 4.69) is 29.5 Å². The van der Waals surface area contributed by atoms with Crippen LogP contribution in [0.25, 0.3) is 0 Å². The van der Waals surface area contributed by atoms with Gasteiger partial charge in [-0.1, -0.05) is 32.0 Å². The van der Waals surface area contributed by atoms with Crippen LogP contribution in [0.2, 0.25) is 0 Å². The van der Waals surface area contributed by atoms with E-state index in [1.54, 1.807) is 13.1 Å². The topological polar surface area (TPSA) is 36.4 Å². The fourth-order valence-electron chi connectivity index (χ4n) is 1.95. The standard InChI is InChI=1S/C16H26FN3/c1-13(2)7-6-11-19-16(18-3)20-12-10-14-8-4-5-9-15(14)17/h4-5,8-9,13H,6-7,10-12H2,1-3H3,(H2,18,19,20). The van der Waals surface area contributed by atoms with Gasteiger partial charge >= 0.3 is 0 Å². The van der Waals surface area contributed by atoms with Crippen molar-refractivity contribution in [2.45, 2.75) is 33.1 Å². The largest absolute Gasteiger partial charge is 0.356 e. The first kappa shape index (κ1) is 16.5. The van der Waals surface area contributed by atoms with Gasteiger partial charge in [-0.3, -0.25) is 4.99 Å². The molecular weight excluding hydrogens is 253 g/mol. The van der Waals surface area contributed by atoms with Crippen LogP contribution < -0.4 is 10.6 Å². The smallest absolute Gasteiger partial charge is 0.190 e. The van der Waals surface area contributed by atoms with Crippen LogP contribution in [0, 0.1) is 11.7 Å². The summed E-state index contributed by atoms with van der Waals surface area (Å²) in [4.78, 5) is 4.16. The molecule has 0 heterocycles. The lowest BCUT2D eigenvalue weighted by Crippen LogP contribution is -2.38. The van der Waals surface area contributed by atoms with Crippen molar-refractivity contribution < 1.29 is 4.39 Å². The summed E-state index contributed by atoms with van der Waals surface area (Å²) in [6, 6.07) is 6.88. The number of benzene rings is 1. The van der Waals surface area contributed by atoms with Crippen LogP contribution in [0.5, 0.6) is 0 Å². The number of halogens is 1. The molecule has 1 rings (SSSR count). The lowest BCUT2D eigenvalue weighted by Gasteiger charge is -2.12. The van der Waals surface area contributed by atoms with Crippen molar-refractivity contribution in [3.05, 3.63) is 35.6 Å². The van der Waals surface area contributed by atoms with Gasteiger partial charge in [-0.2, -0.15) is 0 Å². The number of nitrogens with zero attached hydrogens (tertiary/aromatic N) is 1. The lowest BCUT2D eigenvalue weighted by molar-refractivity contribution is 0.549. The third-order valence-corrected chi connectivity index (χ3v) is 3.12. The summed E-state index contributed by atoms with van der Waals surface area (Å²) < 4.78 is 13.4. The molecule has 0 spiro atoms. The van der Waals surface area contributed by atoms with Crippen molar-refractivity contribution in [3.8, 4) is 0 Å². The monoisotopic (exact) mass is 279 g/mol. The van der Waals surface area contributed by atoms with Crippen molar-refractivity contribution in [2.75, 3.05) is 20.1 Å². The Kier molecular flexibility index (Phi) is 7.70. The zero-order valence-electron chi connectivity index (χ0n) is 12.7. The van der Waals surface area contributed by atoms with E-state index >= 15 is 0 Å². The van der Waals surface area contributed by atoms with Gasteiger partial charge in [0.2, 0.25) is 0 Å². The van der Waals surface area contributed by atoms with Gasteiger partial charge in [-0.05, 0) is 36.8 Å². The molecule has 0 aliphatic carbocycles. The van der Waals surface area contributed by atoms with E-state index in [9.17, 15) is 4.39 Å². The highest BCUT2D eigenvalue weighted by Gasteiger charge is 2.02. The summed E-state index contributed by atoms with van der Waals surface area (Å²) in [6.45, 7) is 6.03. The quantitative estimate of drug-likeness (QED) is 0.457. The first-order valence-corrected chi connectivity index (χ1v) is 7.31. The molecule has 3 nitrogen and oxygen atoms in total. The number of aliphatic imine (C=N–C) groups is 1. The van der Waals surface area contributed by atoms with Gasteiger partial charge in [0.25, 0.3) is 0 Å². The Hall–Kier alpha value is -1.58. The third kappa shape index (κ3) is 6.55. The van der Waals surface area contributed by atoms with Crippen LogP contribution in [0.1, 0.15) is 32.3 Å². The fraction of sp³-hybridized carbons (Fsp3) is 0.562. The molecule has 4 heteroatoms. The van der Waals surface area contributed by atoms with Crippen molar-refractivity contribution in [1.82, 2.24) is 10.6 Å². The molecule has 1 aromatic rings. The number of rotatable bonds is 7. The summed E-state index contributed by atoms with van der Waals surface area (Å²) in [6.07, 6.45) is 2.99. The van der Waals surface area contributed by atoms with E-state index in [4.69, 9.17) is 0 Å². The van der Waals surface area contributed by atoms with Crippen LogP contribution in [0.3, 0.4) is 0 Å². The molecule has 0 saturated heterocycles. The van der Waals surface area contributed by atoms with Crippen LogP contribution >= 0.6 is 0 Å². The van der Waals surface area contributed by atoms with E-state index in [-0.39, 0.29) is 5.82 Å². The van der Waals surface area contributed by atoms with Gasteiger partial charge in [0, 0.05) is 20.1 Å². The van der Waals surface area contributed by atoms with E-state index in [1.165, 1.54) is 12.5 Å². The number of hydrogen-bond donors (Lipinski definition) is 2. The predicted octanol–water partition coefficient (Wildman–Crippen LogP) is 2.97. The highest BCUT2D eigenvalue weighted by molar-refractivity contribution is 5.79. The molecule has 112 valence electrons. The molecule has 0 radical (unpaired) electrons. The maximum absolute atomic E-state index is 13.4. The Morgan fingerprint density at radius 2 is 1.90 bits per heavy atom. The first-order chi connectivity index (χ1) is 9.63. The summed E-state index contributed by atoms with van der Waals surface area (Å²) in [5.74, 6) is 1.37. The molecule has 0 bridgehead atoms. The van der Waals surface area contributed by atoms with Gasteiger partial charge in [0.15, 0.2) is 5.96 Å². The Bertz CT molecular complexity index is 416. The highest BCUT2D eigenvalue weighted by atomic mass is 19.1. The molecule has 0 aliphatic heterocycles. The van der Waals surface area contributed by atoms with E-state index in [0.717, 1.165) is 30.4 Å². The second kappa shape index (κ2) is 9.34. The third-order valence-electron chi connectivity index (χ3n) is 3.12. The number of nitrogens with one attached hydrogen (secondary N) is 2. The number of hydrogen-bond acceptors (Lipinski definition) is 1. The predicted molar refractivity (Wildman–Crippen MR) is 83.5 cm³/mol. The van der Waals surface area contributed by atoms with Crippen molar-refractivity contribution in [2.24, 2.45) is 10.9 Å². The second-order valence-corrected chi connectivity index (χ2v) is 5.30. The molecule has 0 saturated carbocycles. The van der Waals surface area contributed by atoms with Crippen LogP contribution in [-0.4, -0.2) is 26.1 Å². The van der Waals surface area contributed by atoms with Crippen LogP contribution in [0.4, 0.5) is 4.39 Å². The molecule has 0 atom stereocenters. The lowest BCUT2D eigenvalue weighted by atomic mass is 10.1. The maximum Gasteiger partial charge on any atom is 0.190 e. The molecule has 2 N–H and O–H groups in total. The van der Waals surface area contributed by atoms with Gasteiger partial charge < -0.3 is 10.6 Å². The molecule has 0 fully saturated rings. The second-order valence-electron chi connectivity index (χ2n) is 5.30. The zero-order valence-corrected chi connectivity index (χ0v) is 12.7. The first-order valence-electron chi connectivity index (χ1n) is 7.31. The Morgan fingerprint density at radius 1 is 1.20 bits per heavy atom. The van der Waals surface area contributed by atoms with Gasteiger partial charge in [-0.25, -0.2) is 4.39 Å². The molecular formula is C16H26FN3. The van der Waals surface area contributed by atoms with Gasteiger partial charge in [0.05, 0.1) is 0 Å². The minimum atomic E-state index is -0.144. The van der Waals surface area contributed by atoms with Crippen molar-refractivity contribution >= 4 is 5.96 Å². The SMILES string of the molecule is CN=C(NCCCC(C)C)NCCc1ccccc1F. The summed E-state index contributed by atoms with van der Waals surface area (Å²) in [5, 5.41) is 6.48.